The van der Waals surface area contributed by atoms with Gasteiger partial charge in [0.25, 0.3) is 0 Å². The van der Waals surface area contributed by atoms with Crippen LogP contribution < -0.4 is 10.2 Å². The molecule has 0 amide bonds. The van der Waals surface area contributed by atoms with E-state index in [9.17, 15) is 5.26 Å². The molecule has 2 rings (SSSR count). The van der Waals surface area contributed by atoms with E-state index in [0.29, 0.717) is 0 Å². The minimum atomic E-state index is 0.813. The number of nitrogens with one attached hydrogen (secondary N) is 1. The number of benzene rings is 1. The van der Waals surface area contributed by atoms with E-state index >= 15 is 0 Å². The van der Waals surface area contributed by atoms with Crippen LogP contribution in [0.4, 0.5) is 5.69 Å². The lowest BCUT2D eigenvalue weighted by Crippen LogP contribution is -2.27. The van der Waals surface area contributed by atoms with Gasteiger partial charge in [-0.2, -0.15) is 5.26 Å². The summed E-state index contributed by atoms with van der Waals surface area (Å²) < 4.78 is 0. The Hall–Kier alpha value is -1.53. The lowest BCUT2D eigenvalue weighted by atomic mass is 10.0. The van der Waals surface area contributed by atoms with Gasteiger partial charge in [0.15, 0.2) is 0 Å². The Morgan fingerprint density at radius 2 is 1.84 bits per heavy atom. The molecular formula is C16H23N3. The molecule has 1 aromatic rings. The molecule has 1 fully saturated rings. The molecule has 1 aliphatic rings. The molecule has 1 aromatic carbocycles. The number of hydrogen-bond donors (Lipinski definition) is 1. The largest absolute Gasteiger partial charge is 0.370 e. The van der Waals surface area contributed by atoms with Gasteiger partial charge >= 0.3 is 0 Å². The van der Waals surface area contributed by atoms with Crippen LogP contribution in [-0.2, 0) is 6.54 Å². The molecule has 0 bridgehead atoms. The Balaban J connectivity index is 2.19. The first-order valence-corrected chi connectivity index (χ1v) is 7.27. The summed E-state index contributed by atoms with van der Waals surface area (Å²) >= 11 is 0. The van der Waals surface area contributed by atoms with Crippen molar-refractivity contribution < 1.29 is 0 Å². The molecule has 3 nitrogen and oxygen atoms in total. The monoisotopic (exact) mass is 257 g/mol. The van der Waals surface area contributed by atoms with Gasteiger partial charge in [-0.3, -0.25) is 0 Å². The minimum absolute atomic E-state index is 0.813. The van der Waals surface area contributed by atoms with Crippen LogP contribution in [0.3, 0.4) is 0 Å². The van der Waals surface area contributed by atoms with Gasteiger partial charge in [-0.05, 0) is 37.6 Å². The molecule has 0 saturated carbocycles. The SMILES string of the molecule is CNCc1ccc(N2CCCCCCC2)c(C#N)c1. The average Bonchev–Trinajstić information content (AvgIpc) is 2.39. The minimum Gasteiger partial charge on any atom is -0.370 e. The Morgan fingerprint density at radius 3 is 2.47 bits per heavy atom. The van der Waals surface area contributed by atoms with E-state index in [4.69, 9.17) is 0 Å². The highest BCUT2D eigenvalue weighted by molar-refractivity contribution is 5.60. The normalized spacial score (nSPS) is 16.5. The van der Waals surface area contributed by atoms with E-state index in [-0.39, 0.29) is 0 Å². The van der Waals surface area contributed by atoms with Crippen molar-refractivity contribution in [1.82, 2.24) is 5.32 Å². The van der Waals surface area contributed by atoms with E-state index in [0.717, 1.165) is 30.9 Å². The van der Waals surface area contributed by atoms with Crippen molar-refractivity contribution in [1.29, 1.82) is 5.26 Å². The van der Waals surface area contributed by atoms with Gasteiger partial charge in [-0.15, -0.1) is 0 Å². The molecule has 102 valence electrons. The van der Waals surface area contributed by atoms with E-state index < -0.39 is 0 Å². The molecule has 1 aliphatic heterocycles. The maximum Gasteiger partial charge on any atom is 0.101 e. The van der Waals surface area contributed by atoms with Crippen molar-refractivity contribution in [3.8, 4) is 6.07 Å². The first-order chi connectivity index (χ1) is 9.35. The Morgan fingerprint density at radius 1 is 1.16 bits per heavy atom. The van der Waals surface area contributed by atoms with Crippen LogP contribution in [0.15, 0.2) is 18.2 Å². The van der Waals surface area contributed by atoms with Gasteiger partial charge in [-0.25, -0.2) is 0 Å². The van der Waals surface area contributed by atoms with Gasteiger partial charge in [0, 0.05) is 19.6 Å². The first kappa shape index (κ1) is 13.9. The number of hydrogen-bond acceptors (Lipinski definition) is 3. The number of rotatable bonds is 3. The topological polar surface area (TPSA) is 39.1 Å². The van der Waals surface area contributed by atoms with Crippen LogP contribution in [-0.4, -0.2) is 20.1 Å². The number of anilines is 1. The highest BCUT2D eigenvalue weighted by atomic mass is 15.1. The van der Waals surface area contributed by atoms with E-state index in [2.05, 4.69) is 28.4 Å². The van der Waals surface area contributed by atoms with Gasteiger partial charge in [0.1, 0.15) is 6.07 Å². The molecule has 0 spiro atoms. The fourth-order valence-electron chi connectivity index (χ4n) is 2.75. The predicted octanol–water partition coefficient (Wildman–Crippen LogP) is 3.05. The first-order valence-electron chi connectivity index (χ1n) is 7.27. The van der Waals surface area contributed by atoms with Crippen LogP contribution in [0.25, 0.3) is 0 Å². The molecule has 0 aliphatic carbocycles. The Bertz CT molecular complexity index is 440. The molecule has 1 saturated heterocycles. The molecule has 0 radical (unpaired) electrons. The van der Waals surface area contributed by atoms with Gasteiger partial charge in [0.2, 0.25) is 0 Å². The smallest absolute Gasteiger partial charge is 0.101 e. The second-order valence-corrected chi connectivity index (χ2v) is 5.25. The Labute approximate surface area is 116 Å². The van der Waals surface area contributed by atoms with Crippen molar-refractivity contribution in [2.24, 2.45) is 0 Å². The summed E-state index contributed by atoms with van der Waals surface area (Å²) in [4.78, 5) is 2.39. The quantitative estimate of drug-likeness (QED) is 0.904. The fraction of sp³-hybridized carbons (Fsp3) is 0.562. The van der Waals surface area contributed by atoms with Crippen molar-refractivity contribution >= 4 is 5.69 Å². The zero-order valence-corrected chi connectivity index (χ0v) is 11.8. The van der Waals surface area contributed by atoms with E-state index in [1.165, 1.54) is 37.7 Å². The standard InChI is InChI=1S/C16H23N3/c1-18-13-14-7-8-16(15(11-14)12-17)19-9-5-3-2-4-6-10-19/h7-8,11,18H,2-6,9-10,13H2,1H3. The maximum absolute atomic E-state index is 9.37. The summed E-state index contributed by atoms with van der Waals surface area (Å²) in [6, 6.07) is 8.63. The highest BCUT2D eigenvalue weighted by Gasteiger charge is 2.13. The highest BCUT2D eigenvalue weighted by Crippen LogP contribution is 2.24. The van der Waals surface area contributed by atoms with Crippen LogP contribution in [0.5, 0.6) is 0 Å². The number of nitrogens with zero attached hydrogens (tertiary/aromatic N) is 2. The summed E-state index contributed by atoms with van der Waals surface area (Å²) in [5.74, 6) is 0. The van der Waals surface area contributed by atoms with Crippen molar-refractivity contribution in [2.75, 3.05) is 25.0 Å². The van der Waals surface area contributed by atoms with E-state index in [1.807, 2.05) is 13.1 Å². The summed E-state index contributed by atoms with van der Waals surface area (Å²) in [5.41, 5.74) is 3.10. The number of nitriles is 1. The summed E-state index contributed by atoms with van der Waals surface area (Å²) in [5, 5.41) is 12.5. The molecule has 0 unspecified atom stereocenters. The van der Waals surface area contributed by atoms with Crippen LogP contribution >= 0.6 is 0 Å². The lowest BCUT2D eigenvalue weighted by molar-refractivity contribution is 0.556. The molecular weight excluding hydrogens is 234 g/mol. The summed E-state index contributed by atoms with van der Waals surface area (Å²) in [7, 11) is 1.93. The lowest BCUT2D eigenvalue weighted by Gasteiger charge is -2.27. The van der Waals surface area contributed by atoms with Gasteiger partial charge < -0.3 is 10.2 Å². The second kappa shape index (κ2) is 7.16. The van der Waals surface area contributed by atoms with Crippen molar-refractivity contribution in [3.63, 3.8) is 0 Å². The third-order valence-electron chi connectivity index (χ3n) is 3.76. The summed E-state index contributed by atoms with van der Waals surface area (Å²) in [6.45, 7) is 2.98. The predicted molar refractivity (Wildman–Crippen MR) is 79.2 cm³/mol. The van der Waals surface area contributed by atoms with Crippen LogP contribution in [0.1, 0.15) is 43.2 Å². The zero-order valence-electron chi connectivity index (χ0n) is 11.8. The van der Waals surface area contributed by atoms with Crippen molar-refractivity contribution in [2.45, 2.75) is 38.6 Å². The Kier molecular flexibility index (Phi) is 5.23. The van der Waals surface area contributed by atoms with Gasteiger partial charge in [0.05, 0.1) is 11.3 Å². The molecule has 1 N–H and O–H groups in total. The molecule has 0 aromatic heterocycles. The summed E-state index contributed by atoms with van der Waals surface area (Å²) in [6.07, 6.45) is 6.47. The van der Waals surface area contributed by atoms with Crippen LogP contribution in [0.2, 0.25) is 0 Å². The van der Waals surface area contributed by atoms with Crippen LogP contribution in [0, 0.1) is 11.3 Å². The van der Waals surface area contributed by atoms with Gasteiger partial charge in [-0.1, -0.05) is 25.3 Å². The van der Waals surface area contributed by atoms with Crippen molar-refractivity contribution in [3.05, 3.63) is 29.3 Å². The fourth-order valence-corrected chi connectivity index (χ4v) is 2.75. The average molecular weight is 257 g/mol. The maximum atomic E-state index is 9.37. The third kappa shape index (κ3) is 3.71. The molecule has 0 atom stereocenters. The third-order valence-corrected chi connectivity index (χ3v) is 3.76. The second-order valence-electron chi connectivity index (χ2n) is 5.25. The molecule has 3 heteroatoms. The zero-order chi connectivity index (χ0) is 13.5. The van der Waals surface area contributed by atoms with E-state index in [1.54, 1.807) is 0 Å². The molecule has 1 heterocycles. The molecule has 19 heavy (non-hydrogen) atoms.